The fraction of sp³-hybridized carbons (Fsp3) is 0.308. The lowest BCUT2D eigenvalue weighted by atomic mass is 10.2. The number of hydrogen-bond acceptors (Lipinski definition) is 4. The molecule has 3 rings (SSSR count). The van der Waals surface area contributed by atoms with Crippen LogP contribution in [0.5, 0.6) is 5.75 Å². The number of fused-ring (bicyclic) bond motifs is 1. The van der Waals surface area contributed by atoms with E-state index < -0.39 is 0 Å². The third-order valence-electron chi connectivity index (χ3n) is 3.03. The highest BCUT2D eigenvalue weighted by Crippen LogP contribution is 2.26. The molecule has 0 aliphatic heterocycles. The quantitative estimate of drug-likeness (QED) is 0.721. The second kappa shape index (κ2) is 4.38. The molecule has 0 bridgehead atoms. The molecule has 0 atom stereocenters. The minimum Gasteiger partial charge on any atom is -0.494 e. The number of methoxy groups -OCH3 is 1. The third-order valence-corrected chi connectivity index (χ3v) is 3.03. The highest BCUT2D eigenvalue weighted by atomic mass is 16.5. The zero-order chi connectivity index (χ0) is 13.4. The lowest BCUT2D eigenvalue weighted by Crippen LogP contribution is -2.00. The van der Waals surface area contributed by atoms with Crippen molar-refractivity contribution in [1.82, 2.24) is 24.6 Å². The van der Waals surface area contributed by atoms with Crippen LogP contribution in [0.15, 0.2) is 30.7 Å². The van der Waals surface area contributed by atoms with Crippen LogP contribution < -0.4 is 4.74 Å². The van der Waals surface area contributed by atoms with Crippen LogP contribution in [0.4, 0.5) is 0 Å². The van der Waals surface area contributed by atoms with E-state index in [1.54, 1.807) is 17.8 Å². The van der Waals surface area contributed by atoms with Gasteiger partial charge in [0.25, 0.3) is 0 Å². The first-order chi connectivity index (χ1) is 9.19. The average molecular weight is 257 g/mol. The van der Waals surface area contributed by atoms with E-state index >= 15 is 0 Å². The maximum Gasteiger partial charge on any atom is 0.145 e. The van der Waals surface area contributed by atoms with E-state index in [1.807, 2.05) is 29.2 Å². The highest BCUT2D eigenvalue weighted by Gasteiger charge is 2.10. The van der Waals surface area contributed by atoms with Gasteiger partial charge in [-0.2, -0.15) is 5.10 Å². The van der Waals surface area contributed by atoms with E-state index in [-0.39, 0.29) is 6.04 Å². The average Bonchev–Trinajstić information content (AvgIpc) is 3.05. The first kappa shape index (κ1) is 11.7. The third kappa shape index (κ3) is 1.95. The molecule has 98 valence electrons. The second-order valence-corrected chi connectivity index (χ2v) is 4.64. The van der Waals surface area contributed by atoms with Gasteiger partial charge in [0.1, 0.15) is 17.0 Å². The Kier molecular flexibility index (Phi) is 2.70. The molecule has 0 aliphatic carbocycles. The molecular formula is C13H15N5O. The van der Waals surface area contributed by atoms with E-state index in [2.05, 4.69) is 29.3 Å². The van der Waals surface area contributed by atoms with Gasteiger partial charge in [-0.3, -0.25) is 0 Å². The molecule has 0 amide bonds. The van der Waals surface area contributed by atoms with Crippen molar-refractivity contribution in [2.45, 2.75) is 19.9 Å². The topological polar surface area (TPSA) is 57.2 Å². The predicted molar refractivity (Wildman–Crippen MR) is 71.1 cm³/mol. The lowest BCUT2D eigenvalue weighted by Gasteiger charge is -2.05. The van der Waals surface area contributed by atoms with Crippen molar-refractivity contribution < 1.29 is 4.74 Å². The van der Waals surface area contributed by atoms with Gasteiger partial charge in [-0.15, -0.1) is 5.10 Å². The lowest BCUT2D eigenvalue weighted by molar-refractivity contribution is 0.417. The largest absolute Gasteiger partial charge is 0.494 e. The van der Waals surface area contributed by atoms with Gasteiger partial charge in [-0.1, -0.05) is 5.21 Å². The normalized spacial score (nSPS) is 11.4. The van der Waals surface area contributed by atoms with E-state index in [0.717, 1.165) is 22.5 Å². The van der Waals surface area contributed by atoms with Crippen molar-refractivity contribution in [2.75, 3.05) is 7.11 Å². The summed E-state index contributed by atoms with van der Waals surface area (Å²) in [4.78, 5) is 0. The van der Waals surface area contributed by atoms with Crippen LogP contribution >= 0.6 is 0 Å². The summed E-state index contributed by atoms with van der Waals surface area (Å²) in [5, 5.41) is 12.5. The summed E-state index contributed by atoms with van der Waals surface area (Å²) in [5.41, 5.74) is 2.67. The summed E-state index contributed by atoms with van der Waals surface area (Å²) in [6.45, 7) is 4.13. The Morgan fingerprint density at radius 2 is 2.11 bits per heavy atom. The van der Waals surface area contributed by atoms with E-state index in [4.69, 9.17) is 4.74 Å². The summed E-state index contributed by atoms with van der Waals surface area (Å²) in [6, 6.07) is 4.15. The van der Waals surface area contributed by atoms with Gasteiger partial charge in [0.2, 0.25) is 0 Å². The number of pyridine rings is 1. The van der Waals surface area contributed by atoms with Crippen LogP contribution in [0.1, 0.15) is 19.9 Å². The van der Waals surface area contributed by atoms with Crippen LogP contribution in [0.3, 0.4) is 0 Å². The molecule has 0 N–H and O–H groups in total. The molecule has 19 heavy (non-hydrogen) atoms. The van der Waals surface area contributed by atoms with E-state index in [1.165, 1.54) is 0 Å². The van der Waals surface area contributed by atoms with Gasteiger partial charge >= 0.3 is 0 Å². The second-order valence-electron chi connectivity index (χ2n) is 4.64. The predicted octanol–water partition coefficient (Wildman–Crippen LogP) is 2.18. The van der Waals surface area contributed by atoms with Gasteiger partial charge in [0, 0.05) is 17.8 Å². The summed E-state index contributed by atoms with van der Waals surface area (Å²) >= 11 is 0. The van der Waals surface area contributed by atoms with Crippen molar-refractivity contribution in [1.29, 1.82) is 0 Å². The Bertz CT molecular complexity index is 713. The Morgan fingerprint density at radius 3 is 2.79 bits per heavy atom. The van der Waals surface area contributed by atoms with Crippen molar-refractivity contribution >= 4 is 5.52 Å². The summed E-state index contributed by atoms with van der Waals surface area (Å²) in [5.74, 6) is 0.772. The number of rotatable bonds is 3. The van der Waals surface area contributed by atoms with Gasteiger partial charge < -0.3 is 4.74 Å². The van der Waals surface area contributed by atoms with Gasteiger partial charge in [-0.25, -0.2) is 9.20 Å². The van der Waals surface area contributed by atoms with Crippen molar-refractivity contribution in [3.05, 3.63) is 30.7 Å². The van der Waals surface area contributed by atoms with Crippen molar-refractivity contribution in [3.8, 4) is 17.0 Å². The molecule has 0 saturated carbocycles. The molecule has 0 saturated heterocycles. The number of hydrogen-bond donors (Lipinski definition) is 0. The monoisotopic (exact) mass is 257 g/mol. The van der Waals surface area contributed by atoms with E-state index in [0.29, 0.717) is 0 Å². The Hall–Kier alpha value is -2.37. The van der Waals surface area contributed by atoms with Gasteiger partial charge in [-0.05, 0) is 26.0 Å². The molecule has 0 radical (unpaired) electrons. The van der Waals surface area contributed by atoms with E-state index in [9.17, 15) is 0 Å². The minimum absolute atomic E-state index is 0.289. The minimum atomic E-state index is 0.289. The Labute approximate surface area is 110 Å². The van der Waals surface area contributed by atoms with Gasteiger partial charge in [0.15, 0.2) is 0 Å². The smallest absolute Gasteiger partial charge is 0.145 e. The SMILES string of the molecule is COc1cc(-c2cn(C(C)C)nn2)cn2nccc12. The van der Waals surface area contributed by atoms with Crippen LogP contribution in [0.2, 0.25) is 0 Å². The molecule has 0 spiro atoms. The zero-order valence-electron chi connectivity index (χ0n) is 11.1. The first-order valence-corrected chi connectivity index (χ1v) is 6.12. The Morgan fingerprint density at radius 1 is 1.26 bits per heavy atom. The molecule has 3 heterocycles. The molecular weight excluding hydrogens is 242 g/mol. The van der Waals surface area contributed by atoms with Crippen LogP contribution in [0.25, 0.3) is 16.8 Å². The highest BCUT2D eigenvalue weighted by molar-refractivity contribution is 5.68. The number of ether oxygens (including phenoxy) is 1. The van der Waals surface area contributed by atoms with Crippen LogP contribution in [-0.2, 0) is 0 Å². The molecule has 0 fully saturated rings. The zero-order valence-corrected chi connectivity index (χ0v) is 11.1. The summed E-state index contributed by atoms with van der Waals surface area (Å²) in [6.07, 6.45) is 5.59. The van der Waals surface area contributed by atoms with Crippen LogP contribution in [0, 0.1) is 0 Å². The maximum atomic E-state index is 5.39. The first-order valence-electron chi connectivity index (χ1n) is 6.12. The molecule has 3 aromatic heterocycles. The van der Waals surface area contributed by atoms with Crippen molar-refractivity contribution in [2.24, 2.45) is 0 Å². The fourth-order valence-electron chi connectivity index (χ4n) is 1.96. The fourth-order valence-corrected chi connectivity index (χ4v) is 1.96. The van der Waals surface area contributed by atoms with Crippen LogP contribution in [-0.4, -0.2) is 31.7 Å². The molecule has 0 unspecified atom stereocenters. The molecule has 6 nitrogen and oxygen atoms in total. The molecule has 6 heteroatoms. The molecule has 3 aromatic rings. The molecule has 0 aliphatic rings. The Balaban J connectivity index is 2.13. The van der Waals surface area contributed by atoms with Gasteiger partial charge in [0.05, 0.1) is 19.5 Å². The standard InChI is InChI=1S/C13H15N5O/c1-9(2)17-8-11(15-16-17)10-6-13(19-3)12-4-5-14-18(12)7-10/h4-9H,1-3H3. The molecule has 0 aromatic carbocycles. The number of aromatic nitrogens is 5. The maximum absolute atomic E-state index is 5.39. The summed E-state index contributed by atoms with van der Waals surface area (Å²) in [7, 11) is 1.65. The number of nitrogens with zero attached hydrogens (tertiary/aromatic N) is 5. The summed E-state index contributed by atoms with van der Waals surface area (Å²) < 4.78 is 9.00. The van der Waals surface area contributed by atoms with Crippen molar-refractivity contribution in [3.63, 3.8) is 0 Å².